The molecule has 1 N–H and O–H groups in total. The van der Waals surface area contributed by atoms with Gasteiger partial charge in [-0.15, -0.1) is 0 Å². The summed E-state index contributed by atoms with van der Waals surface area (Å²) >= 11 is 3.45. The molecule has 25 heavy (non-hydrogen) atoms. The molecular weight excluding hydrogens is 382 g/mol. The van der Waals surface area contributed by atoms with Gasteiger partial charge < -0.3 is 14.8 Å². The third kappa shape index (κ3) is 5.23. The molecule has 0 aromatic heterocycles. The number of methoxy groups -OCH3 is 1. The number of aryl methyl sites for hydroxylation is 2. The van der Waals surface area contributed by atoms with Gasteiger partial charge in [-0.2, -0.15) is 0 Å². The van der Waals surface area contributed by atoms with Crippen LogP contribution < -0.4 is 14.8 Å². The first-order chi connectivity index (χ1) is 11.9. The molecule has 1 unspecified atom stereocenters. The molecule has 2 aromatic rings. The second-order valence-corrected chi connectivity index (χ2v) is 6.81. The van der Waals surface area contributed by atoms with E-state index in [1.807, 2.05) is 57.2 Å². The van der Waals surface area contributed by atoms with Gasteiger partial charge >= 0.3 is 0 Å². The lowest BCUT2D eigenvalue weighted by Gasteiger charge is -2.19. The minimum atomic E-state index is -0.138. The van der Waals surface area contributed by atoms with Gasteiger partial charge in [-0.1, -0.05) is 35.0 Å². The van der Waals surface area contributed by atoms with Crippen molar-refractivity contribution in [3.63, 3.8) is 0 Å². The molecule has 0 radical (unpaired) electrons. The van der Waals surface area contributed by atoms with Crippen molar-refractivity contribution in [3.05, 3.63) is 57.6 Å². The number of amides is 1. The summed E-state index contributed by atoms with van der Waals surface area (Å²) in [7, 11) is 1.66. The topological polar surface area (TPSA) is 47.6 Å². The Morgan fingerprint density at radius 3 is 2.52 bits per heavy atom. The highest BCUT2D eigenvalue weighted by molar-refractivity contribution is 9.10. The second kappa shape index (κ2) is 8.90. The first kappa shape index (κ1) is 19.3. The summed E-state index contributed by atoms with van der Waals surface area (Å²) in [5, 5.41) is 3.03. The number of hydrogen-bond acceptors (Lipinski definition) is 3. The van der Waals surface area contributed by atoms with E-state index in [-0.39, 0.29) is 18.6 Å². The Labute approximate surface area is 157 Å². The summed E-state index contributed by atoms with van der Waals surface area (Å²) < 4.78 is 11.9. The maximum Gasteiger partial charge on any atom is 0.258 e. The summed E-state index contributed by atoms with van der Waals surface area (Å²) in [6.45, 7) is 6.02. The molecule has 1 amide bonds. The van der Waals surface area contributed by atoms with Crippen LogP contribution in [0.1, 0.15) is 36.1 Å². The highest BCUT2D eigenvalue weighted by Crippen LogP contribution is 2.24. The van der Waals surface area contributed by atoms with Gasteiger partial charge in [0, 0.05) is 4.47 Å². The van der Waals surface area contributed by atoms with Crippen molar-refractivity contribution in [2.45, 2.75) is 33.2 Å². The van der Waals surface area contributed by atoms with Crippen LogP contribution in [0.4, 0.5) is 0 Å². The molecule has 134 valence electrons. The molecule has 0 aliphatic carbocycles. The van der Waals surface area contributed by atoms with Crippen molar-refractivity contribution in [1.29, 1.82) is 0 Å². The SMILES string of the molecule is CCC(NC(=O)COc1ccc(Br)c(C)c1)c1ccc(OC)c(C)c1. The van der Waals surface area contributed by atoms with Gasteiger partial charge in [0.2, 0.25) is 0 Å². The molecule has 0 spiro atoms. The Morgan fingerprint density at radius 1 is 1.16 bits per heavy atom. The summed E-state index contributed by atoms with van der Waals surface area (Å²) in [6, 6.07) is 11.6. The van der Waals surface area contributed by atoms with Crippen LogP contribution in [0.3, 0.4) is 0 Å². The number of rotatable bonds is 7. The third-order valence-corrected chi connectivity index (χ3v) is 4.95. The van der Waals surface area contributed by atoms with Gasteiger partial charge in [0.1, 0.15) is 11.5 Å². The standard InChI is InChI=1S/C20H24BrNO3/c1-5-18(15-6-9-19(24-4)14(3)10-15)22-20(23)12-25-16-7-8-17(21)13(2)11-16/h6-11,18H,5,12H2,1-4H3,(H,22,23). The molecule has 0 saturated heterocycles. The zero-order chi connectivity index (χ0) is 18.4. The summed E-state index contributed by atoms with van der Waals surface area (Å²) in [5.41, 5.74) is 3.18. The van der Waals surface area contributed by atoms with Crippen molar-refractivity contribution < 1.29 is 14.3 Å². The molecular formula is C20H24BrNO3. The first-order valence-electron chi connectivity index (χ1n) is 8.27. The van der Waals surface area contributed by atoms with E-state index in [1.165, 1.54) is 0 Å². The van der Waals surface area contributed by atoms with Crippen LogP contribution in [-0.2, 0) is 4.79 Å². The van der Waals surface area contributed by atoms with Crippen molar-refractivity contribution >= 4 is 21.8 Å². The molecule has 5 heteroatoms. The average molecular weight is 406 g/mol. The number of carbonyl (C=O) groups excluding carboxylic acids is 1. The molecule has 0 aliphatic rings. The van der Waals surface area contributed by atoms with Crippen molar-refractivity contribution in [2.75, 3.05) is 13.7 Å². The van der Waals surface area contributed by atoms with Crippen LogP contribution in [0, 0.1) is 13.8 Å². The predicted octanol–water partition coefficient (Wildman–Crippen LogP) is 4.72. The van der Waals surface area contributed by atoms with E-state index in [1.54, 1.807) is 7.11 Å². The Balaban J connectivity index is 1.97. The van der Waals surface area contributed by atoms with Crippen LogP contribution in [0.15, 0.2) is 40.9 Å². The number of hydrogen-bond donors (Lipinski definition) is 1. The normalized spacial score (nSPS) is 11.7. The summed E-state index contributed by atoms with van der Waals surface area (Å²) in [4.78, 5) is 12.2. The van der Waals surface area contributed by atoms with E-state index in [4.69, 9.17) is 9.47 Å². The van der Waals surface area contributed by atoms with Gasteiger partial charge in [-0.05, 0) is 61.2 Å². The van der Waals surface area contributed by atoms with E-state index in [2.05, 4.69) is 21.2 Å². The molecule has 4 nitrogen and oxygen atoms in total. The second-order valence-electron chi connectivity index (χ2n) is 5.96. The zero-order valence-corrected chi connectivity index (χ0v) is 16.6. The van der Waals surface area contributed by atoms with Crippen LogP contribution in [-0.4, -0.2) is 19.6 Å². The summed E-state index contributed by atoms with van der Waals surface area (Å²) in [6.07, 6.45) is 0.800. The van der Waals surface area contributed by atoms with E-state index in [0.29, 0.717) is 5.75 Å². The fourth-order valence-corrected chi connectivity index (χ4v) is 2.88. The zero-order valence-electron chi connectivity index (χ0n) is 15.1. The maximum absolute atomic E-state index is 12.2. The lowest BCUT2D eigenvalue weighted by Crippen LogP contribution is -2.32. The molecule has 0 fully saturated rings. The van der Waals surface area contributed by atoms with Gasteiger partial charge in [0.05, 0.1) is 13.2 Å². The van der Waals surface area contributed by atoms with E-state index < -0.39 is 0 Å². The average Bonchev–Trinajstić information content (AvgIpc) is 2.60. The van der Waals surface area contributed by atoms with Gasteiger partial charge in [-0.25, -0.2) is 0 Å². The fraction of sp³-hybridized carbons (Fsp3) is 0.350. The Hall–Kier alpha value is -2.01. The lowest BCUT2D eigenvalue weighted by atomic mass is 10.0. The number of carbonyl (C=O) groups is 1. The lowest BCUT2D eigenvalue weighted by molar-refractivity contribution is -0.123. The van der Waals surface area contributed by atoms with Crippen LogP contribution in [0.2, 0.25) is 0 Å². The fourth-order valence-electron chi connectivity index (χ4n) is 2.63. The minimum absolute atomic E-state index is 0.00723. The Morgan fingerprint density at radius 2 is 1.92 bits per heavy atom. The number of benzene rings is 2. The monoisotopic (exact) mass is 405 g/mol. The predicted molar refractivity (Wildman–Crippen MR) is 103 cm³/mol. The minimum Gasteiger partial charge on any atom is -0.496 e. The maximum atomic E-state index is 12.2. The molecule has 2 aromatic carbocycles. The van der Waals surface area contributed by atoms with Crippen LogP contribution in [0.25, 0.3) is 0 Å². The number of nitrogens with one attached hydrogen (secondary N) is 1. The van der Waals surface area contributed by atoms with Crippen LogP contribution >= 0.6 is 15.9 Å². The van der Waals surface area contributed by atoms with Gasteiger partial charge in [-0.3, -0.25) is 4.79 Å². The highest BCUT2D eigenvalue weighted by Gasteiger charge is 2.14. The van der Waals surface area contributed by atoms with Crippen molar-refractivity contribution in [2.24, 2.45) is 0 Å². The highest BCUT2D eigenvalue weighted by atomic mass is 79.9. The van der Waals surface area contributed by atoms with Crippen molar-refractivity contribution in [1.82, 2.24) is 5.32 Å². The van der Waals surface area contributed by atoms with Gasteiger partial charge in [0.25, 0.3) is 5.91 Å². The summed E-state index contributed by atoms with van der Waals surface area (Å²) in [5.74, 6) is 1.39. The molecule has 0 heterocycles. The molecule has 1 atom stereocenters. The largest absolute Gasteiger partial charge is 0.496 e. The number of halogens is 1. The van der Waals surface area contributed by atoms with E-state index in [9.17, 15) is 4.79 Å². The Bertz CT molecular complexity index is 746. The Kier molecular flexibility index (Phi) is 6.88. The van der Waals surface area contributed by atoms with Crippen molar-refractivity contribution in [3.8, 4) is 11.5 Å². The molecule has 0 aliphatic heterocycles. The first-order valence-corrected chi connectivity index (χ1v) is 9.06. The van der Waals surface area contributed by atoms with Gasteiger partial charge in [0.15, 0.2) is 6.61 Å². The molecule has 0 bridgehead atoms. The quantitative estimate of drug-likeness (QED) is 0.724. The van der Waals surface area contributed by atoms with E-state index >= 15 is 0 Å². The third-order valence-electron chi connectivity index (χ3n) is 4.06. The molecule has 2 rings (SSSR count). The smallest absolute Gasteiger partial charge is 0.258 e. The van der Waals surface area contributed by atoms with Crippen LogP contribution in [0.5, 0.6) is 11.5 Å². The number of ether oxygens (including phenoxy) is 2. The van der Waals surface area contributed by atoms with E-state index in [0.717, 1.165) is 33.3 Å². The molecule has 0 saturated carbocycles.